The fraction of sp³-hybridized carbons (Fsp3) is 0.389. The van der Waals surface area contributed by atoms with Gasteiger partial charge in [0.15, 0.2) is 0 Å². The summed E-state index contributed by atoms with van der Waals surface area (Å²) in [6.45, 7) is 3.54. The summed E-state index contributed by atoms with van der Waals surface area (Å²) in [7, 11) is 0. The van der Waals surface area contributed by atoms with Gasteiger partial charge in [0.05, 0.1) is 5.75 Å². The Bertz CT molecular complexity index is 716. The summed E-state index contributed by atoms with van der Waals surface area (Å²) in [5.74, 6) is 1.06. The van der Waals surface area contributed by atoms with Crippen LogP contribution in [0.3, 0.4) is 0 Å². The van der Waals surface area contributed by atoms with Crippen molar-refractivity contribution in [1.29, 1.82) is 0 Å². The van der Waals surface area contributed by atoms with Crippen molar-refractivity contribution in [2.45, 2.75) is 24.3 Å². The van der Waals surface area contributed by atoms with Crippen molar-refractivity contribution in [3.63, 3.8) is 0 Å². The molecule has 3 nitrogen and oxygen atoms in total. The molecular weight excluding hydrogens is 328 g/mol. The predicted molar refractivity (Wildman–Crippen MR) is 98.0 cm³/mol. The molecule has 1 heterocycles. The fourth-order valence-corrected chi connectivity index (χ4v) is 4.60. The number of carbonyl (C=O) groups excluding carboxylic acids is 1. The number of hydrogen-bond donors (Lipinski definition) is 1. The lowest BCUT2D eigenvalue weighted by Gasteiger charge is -2.21. The van der Waals surface area contributed by atoms with Gasteiger partial charge in [-0.2, -0.15) is 0 Å². The minimum Gasteiger partial charge on any atom is -0.339 e. The van der Waals surface area contributed by atoms with Crippen molar-refractivity contribution in [3.8, 4) is 0 Å². The van der Waals surface area contributed by atoms with Gasteiger partial charge in [-0.05, 0) is 43.3 Å². The maximum Gasteiger partial charge on any atom is 0.233 e. The number of rotatable bonds is 4. The van der Waals surface area contributed by atoms with E-state index in [0.29, 0.717) is 18.2 Å². The SMILES string of the molecule is CC1CC(CN)CN1C(=O)CSc1cccc2cccc(Cl)c12. The lowest BCUT2D eigenvalue weighted by atomic mass is 10.1. The van der Waals surface area contributed by atoms with E-state index in [1.807, 2.05) is 41.3 Å². The van der Waals surface area contributed by atoms with Crippen LogP contribution in [0.2, 0.25) is 5.02 Å². The van der Waals surface area contributed by atoms with E-state index in [0.717, 1.165) is 33.7 Å². The van der Waals surface area contributed by atoms with E-state index in [-0.39, 0.29) is 11.9 Å². The van der Waals surface area contributed by atoms with Gasteiger partial charge in [0, 0.05) is 27.9 Å². The second-order valence-electron chi connectivity index (χ2n) is 6.12. The molecule has 0 saturated carbocycles. The molecule has 0 spiro atoms. The van der Waals surface area contributed by atoms with Crippen LogP contribution in [0.1, 0.15) is 13.3 Å². The third-order valence-electron chi connectivity index (χ3n) is 4.48. The third kappa shape index (κ3) is 3.49. The molecule has 5 heteroatoms. The average molecular weight is 349 g/mol. The first-order valence-corrected chi connectivity index (χ1v) is 9.26. The monoisotopic (exact) mass is 348 g/mol. The summed E-state index contributed by atoms with van der Waals surface area (Å²) in [4.78, 5) is 15.6. The first kappa shape index (κ1) is 16.6. The average Bonchev–Trinajstić information content (AvgIpc) is 2.94. The van der Waals surface area contributed by atoms with Crippen LogP contribution >= 0.6 is 23.4 Å². The maximum absolute atomic E-state index is 12.5. The number of nitrogens with zero attached hydrogens (tertiary/aromatic N) is 1. The molecule has 2 unspecified atom stereocenters. The van der Waals surface area contributed by atoms with Gasteiger partial charge in [-0.15, -0.1) is 11.8 Å². The number of benzene rings is 2. The molecule has 1 saturated heterocycles. The van der Waals surface area contributed by atoms with Crippen molar-refractivity contribution in [2.24, 2.45) is 11.7 Å². The predicted octanol–water partition coefficient (Wildman–Crippen LogP) is 3.78. The molecule has 1 aliphatic rings. The van der Waals surface area contributed by atoms with E-state index in [9.17, 15) is 4.79 Å². The van der Waals surface area contributed by atoms with Crippen LogP contribution in [0.25, 0.3) is 10.8 Å². The number of carbonyl (C=O) groups is 1. The topological polar surface area (TPSA) is 46.3 Å². The van der Waals surface area contributed by atoms with E-state index in [1.165, 1.54) is 0 Å². The highest BCUT2D eigenvalue weighted by molar-refractivity contribution is 8.00. The molecule has 3 rings (SSSR count). The summed E-state index contributed by atoms with van der Waals surface area (Å²) in [6.07, 6.45) is 1.01. The van der Waals surface area contributed by atoms with E-state index in [2.05, 4.69) is 6.92 Å². The van der Waals surface area contributed by atoms with Gasteiger partial charge in [0.2, 0.25) is 5.91 Å². The van der Waals surface area contributed by atoms with E-state index < -0.39 is 0 Å². The molecule has 0 aromatic heterocycles. The first-order chi connectivity index (χ1) is 11.1. The Morgan fingerprint density at radius 3 is 2.78 bits per heavy atom. The number of halogens is 1. The summed E-state index contributed by atoms with van der Waals surface area (Å²) in [5, 5.41) is 2.87. The van der Waals surface area contributed by atoms with Gasteiger partial charge in [0.1, 0.15) is 0 Å². The Hall–Kier alpha value is -1.23. The van der Waals surface area contributed by atoms with Crippen LogP contribution in [0.4, 0.5) is 0 Å². The number of hydrogen-bond acceptors (Lipinski definition) is 3. The first-order valence-electron chi connectivity index (χ1n) is 7.89. The van der Waals surface area contributed by atoms with Crippen LogP contribution in [-0.4, -0.2) is 35.7 Å². The molecule has 0 bridgehead atoms. The minimum atomic E-state index is 0.183. The molecule has 1 fully saturated rings. The number of amides is 1. The van der Waals surface area contributed by atoms with Gasteiger partial charge in [-0.25, -0.2) is 0 Å². The quantitative estimate of drug-likeness (QED) is 0.855. The second-order valence-corrected chi connectivity index (χ2v) is 7.54. The van der Waals surface area contributed by atoms with Crippen molar-refractivity contribution in [3.05, 3.63) is 41.4 Å². The Labute approximate surface area is 146 Å². The summed E-state index contributed by atoms with van der Waals surface area (Å²) < 4.78 is 0. The molecule has 122 valence electrons. The molecule has 1 aliphatic heterocycles. The Morgan fingerprint density at radius 2 is 2.09 bits per heavy atom. The Morgan fingerprint density at radius 1 is 1.35 bits per heavy atom. The Balaban J connectivity index is 1.73. The normalized spacial score (nSPS) is 21.1. The van der Waals surface area contributed by atoms with Crippen molar-refractivity contribution in [2.75, 3.05) is 18.8 Å². The van der Waals surface area contributed by atoms with E-state index in [1.54, 1.807) is 11.8 Å². The van der Waals surface area contributed by atoms with Crippen molar-refractivity contribution in [1.82, 2.24) is 4.90 Å². The highest BCUT2D eigenvalue weighted by atomic mass is 35.5. The zero-order valence-corrected chi connectivity index (χ0v) is 14.7. The molecule has 1 amide bonds. The van der Waals surface area contributed by atoms with Gasteiger partial charge in [-0.1, -0.05) is 35.9 Å². The third-order valence-corrected chi connectivity index (χ3v) is 5.84. The minimum absolute atomic E-state index is 0.183. The molecule has 2 atom stereocenters. The van der Waals surface area contributed by atoms with Crippen LogP contribution in [0.15, 0.2) is 41.3 Å². The highest BCUT2D eigenvalue weighted by Crippen LogP contribution is 2.33. The molecule has 23 heavy (non-hydrogen) atoms. The molecule has 2 aromatic carbocycles. The number of nitrogens with two attached hydrogens (primary N) is 1. The number of thioether (sulfide) groups is 1. The van der Waals surface area contributed by atoms with Crippen LogP contribution in [0, 0.1) is 5.92 Å². The highest BCUT2D eigenvalue weighted by Gasteiger charge is 2.31. The number of likely N-dealkylation sites (tertiary alicyclic amines) is 1. The second kappa shape index (κ2) is 7.12. The zero-order valence-electron chi connectivity index (χ0n) is 13.2. The zero-order chi connectivity index (χ0) is 16.4. The lowest BCUT2D eigenvalue weighted by molar-refractivity contribution is -0.128. The standard InChI is InChI=1S/C18H21ClN2OS/c1-12-8-13(9-20)10-21(12)17(22)11-23-16-7-3-5-14-4-2-6-15(19)18(14)16/h2-7,12-13H,8-11,20H2,1H3. The lowest BCUT2D eigenvalue weighted by Crippen LogP contribution is -2.35. The van der Waals surface area contributed by atoms with Gasteiger partial charge in [-0.3, -0.25) is 4.79 Å². The molecule has 2 N–H and O–H groups in total. The van der Waals surface area contributed by atoms with Gasteiger partial charge >= 0.3 is 0 Å². The smallest absolute Gasteiger partial charge is 0.233 e. The van der Waals surface area contributed by atoms with E-state index in [4.69, 9.17) is 17.3 Å². The number of fused-ring (bicyclic) bond motifs is 1. The largest absolute Gasteiger partial charge is 0.339 e. The maximum atomic E-state index is 12.5. The van der Waals surface area contributed by atoms with Gasteiger partial charge < -0.3 is 10.6 Å². The fourth-order valence-electron chi connectivity index (χ4n) is 3.27. The summed E-state index contributed by atoms with van der Waals surface area (Å²) in [5.41, 5.74) is 5.74. The summed E-state index contributed by atoms with van der Waals surface area (Å²) in [6, 6.07) is 12.3. The van der Waals surface area contributed by atoms with Crippen LogP contribution in [-0.2, 0) is 4.79 Å². The van der Waals surface area contributed by atoms with Crippen LogP contribution < -0.4 is 5.73 Å². The van der Waals surface area contributed by atoms with Crippen molar-refractivity contribution < 1.29 is 4.79 Å². The van der Waals surface area contributed by atoms with Crippen LogP contribution in [0.5, 0.6) is 0 Å². The summed E-state index contributed by atoms with van der Waals surface area (Å²) >= 11 is 7.91. The van der Waals surface area contributed by atoms with Crippen molar-refractivity contribution >= 4 is 40.0 Å². The molecular formula is C18H21ClN2OS. The van der Waals surface area contributed by atoms with Gasteiger partial charge in [0.25, 0.3) is 0 Å². The molecule has 0 radical (unpaired) electrons. The molecule has 2 aromatic rings. The van der Waals surface area contributed by atoms with E-state index >= 15 is 0 Å². The molecule has 0 aliphatic carbocycles. The Kier molecular flexibility index (Phi) is 5.14.